The average Bonchev–Trinajstić information content (AvgIpc) is 2.51. The third-order valence-electron chi connectivity index (χ3n) is 2.34. The first-order valence-corrected chi connectivity index (χ1v) is 4.58. The first-order chi connectivity index (χ1) is 7.25. The molecule has 1 aromatic carbocycles. The van der Waals surface area contributed by atoms with Crippen molar-refractivity contribution in [2.45, 2.75) is 0 Å². The van der Waals surface area contributed by atoms with E-state index in [1.165, 1.54) is 4.90 Å². The van der Waals surface area contributed by atoms with Crippen LogP contribution in [0.3, 0.4) is 0 Å². The number of ether oxygens (including phenoxy) is 1. The summed E-state index contributed by atoms with van der Waals surface area (Å²) in [5, 5.41) is 0. The van der Waals surface area contributed by atoms with Gasteiger partial charge in [0, 0.05) is 0 Å². The van der Waals surface area contributed by atoms with Crippen molar-refractivity contribution in [1.82, 2.24) is 4.90 Å². The molecule has 15 heavy (non-hydrogen) atoms. The van der Waals surface area contributed by atoms with Gasteiger partial charge in [0.05, 0.1) is 31.4 Å². The fourth-order valence-corrected chi connectivity index (χ4v) is 1.60. The highest BCUT2D eigenvalue weighted by Crippen LogP contribution is 2.21. The molecule has 1 aliphatic rings. The molecule has 1 radical (unpaired) electrons. The summed E-state index contributed by atoms with van der Waals surface area (Å²) in [7, 11) is 3.20. The van der Waals surface area contributed by atoms with E-state index in [2.05, 4.69) is 11.8 Å². The van der Waals surface area contributed by atoms with E-state index < -0.39 is 0 Å². The molecule has 0 saturated carbocycles. The summed E-state index contributed by atoms with van der Waals surface area (Å²) in [4.78, 5) is 24.7. The van der Waals surface area contributed by atoms with Crippen LogP contribution in [0.2, 0.25) is 0 Å². The molecule has 1 aliphatic heterocycles. The van der Waals surface area contributed by atoms with Gasteiger partial charge >= 0.3 is 0 Å². The van der Waals surface area contributed by atoms with Crippen LogP contribution in [0.5, 0.6) is 0 Å². The molecule has 0 unspecified atom stereocenters. The maximum absolute atomic E-state index is 11.7. The minimum absolute atomic E-state index is 0.246. The highest BCUT2D eigenvalue weighted by Gasteiger charge is 2.34. The molecule has 1 heterocycles. The number of carbonyl (C=O) groups is 2. The smallest absolute Gasteiger partial charge is 0.261 e. The Morgan fingerprint density at radius 3 is 2.13 bits per heavy atom. The monoisotopic (exact) mass is 204 g/mol. The second kappa shape index (κ2) is 3.82. The van der Waals surface area contributed by atoms with Crippen LogP contribution in [0.15, 0.2) is 24.3 Å². The van der Waals surface area contributed by atoms with Gasteiger partial charge in [0.15, 0.2) is 0 Å². The lowest BCUT2D eigenvalue weighted by Gasteiger charge is -2.12. The van der Waals surface area contributed by atoms with Crippen LogP contribution < -0.4 is 0 Å². The van der Waals surface area contributed by atoms with Crippen LogP contribution in [0, 0.1) is 7.11 Å². The SMILES string of the molecule is [CH2]OCCN1C(=O)c2ccccc2C1=O. The molecular weight excluding hydrogens is 194 g/mol. The van der Waals surface area contributed by atoms with Crippen molar-refractivity contribution in [3.8, 4) is 0 Å². The molecule has 0 aromatic heterocycles. The molecule has 0 aliphatic carbocycles. The first-order valence-electron chi connectivity index (χ1n) is 4.58. The fraction of sp³-hybridized carbons (Fsp3) is 0.182. The average molecular weight is 204 g/mol. The second-order valence-electron chi connectivity index (χ2n) is 3.22. The molecule has 0 spiro atoms. The van der Waals surface area contributed by atoms with Crippen LogP contribution in [0.1, 0.15) is 20.7 Å². The van der Waals surface area contributed by atoms with Gasteiger partial charge in [-0.15, -0.1) is 0 Å². The lowest BCUT2D eigenvalue weighted by Crippen LogP contribution is -2.32. The van der Waals surface area contributed by atoms with Gasteiger partial charge in [0.2, 0.25) is 0 Å². The lowest BCUT2D eigenvalue weighted by molar-refractivity contribution is 0.0616. The summed E-state index contributed by atoms with van der Waals surface area (Å²) in [6.07, 6.45) is 0. The summed E-state index contributed by atoms with van der Waals surface area (Å²) in [6.45, 7) is 0.501. The van der Waals surface area contributed by atoms with Crippen molar-refractivity contribution in [2.75, 3.05) is 13.2 Å². The zero-order valence-corrected chi connectivity index (χ0v) is 8.10. The van der Waals surface area contributed by atoms with E-state index in [0.29, 0.717) is 11.1 Å². The predicted molar refractivity (Wildman–Crippen MR) is 53.1 cm³/mol. The van der Waals surface area contributed by atoms with Crippen molar-refractivity contribution in [3.05, 3.63) is 42.5 Å². The lowest BCUT2D eigenvalue weighted by atomic mass is 10.1. The highest BCUT2D eigenvalue weighted by atomic mass is 16.5. The molecule has 0 fully saturated rings. The second-order valence-corrected chi connectivity index (χ2v) is 3.22. The van der Waals surface area contributed by atoms with Crippen LogP contribution in [0.4, 0.5) is 0 Å². The molecule has 0 saturated heterocycles. The number of imide groups is 1. The standard InChI is InChI=1S/C11H10NO3/c1-15-7-6-12-10(13)8-4-2-3-5-9(8)11(12)14/h2-5H,1,6-7H2. The molecular formula is C11H10NO3. The number of nitrogens with zero attached hydrogens (tertiary/aromatic N) is 1. The van der Waals surface area contributed by atoms with Crippen molar-refractivity contribution in [3.63, 3.8) is 0 Å². The van der Waals surface area contributed by atoms with Gasteiger partial charge in [-0.2, -0.15) is 0 Å². The van der Waals surface area contributed by atoms with Crippen LogP contribution in [-0.2, 0) is 4.74 Å². The van der Waals surface area contributed by atoms with Gasteiger partial charge in [-0.05, 0) is 12.1 Å². The number of hydrogen-bond donors (Lipinski definition) is 0. The Labute approximate surface area is 87.4 Å². The van der Waals surface area contributed by atoms with Crippen molar-refractivity contribution in [2.24, 2.45) is 0 Å². The Balaban J connectivity index is 2.29. The minimum Gasteiger partial charge on any atom is -0.377 e. The van der Waals surface area contributed by atoms with Gasteiger partial charge < -0.3 is 4.74 Å². The zero-order chi connectivity index (χ0) is 10.8. The number of carbonyl (C=O) groups excluding carboxylic acids is 2. The highest BCUT2D eigenvalue weighted by molar-refractivity contribution is 6.21. The normalized spacial score (nSPS) is 14.6. The maximum atomic E-state index is 11.7. The number of fused-ring (bicyclic) bond motifs is 1. The third kappa shape index (κ3) is 1.53. The van der Waals surface area contributed by atoms with Crippen LogP contribution in [0.25, 0.3) is 0 Å². The van der Waals surface area contributed by atoms with Crippen molar-refractivity contribution >= 4 is 11.8 Å². The minimum atomic E-state index is -0.257. The zero-order valence-electron chi connectivity index (χ0n) is 8.10. The molecule has 0 N–H and O–H groups in total. The molecule has 2 amide bonds. The largest absolute Gasteiger partial charge is 0.377 e. The fourth-order valence-electron chi connectivity index (χ4n) is 1.60. The number of amides is 2. The Hall–Kier alpha value is -1.68. The van der Waals surface area contributed by atoms with Crippen LogP contribution in [-0.4, -0.2) is 29.9 Å². The van der Waals surface area contributed by atoms with Gasteiger partial charge in [0.25, 0.3) is 11.8 Å². The maximum Gasteiger partial charge on any atom is 0.261 e. The molecule has 77 valence electrons. The van der Waals surface area contributed by atoms with E-state index in [1.807, 2.05) is 0 Å². The summed E-state index contributed by atoms with van der Waals surface area (Å²) in [6, 6.07) is 6.79. The molecule has 4 nitrogen and oxygen atoms in total. The summed E-state index contributed by atoms with van der Waals surface area (Å²) in [5.74, 6) is -0.514. The Kier molecular flexibility index (Phi) is 2.51. The summed E-state index contributed by atoms with van der Waals surface area (Å²) in [5.41, 5.74) is 0.929. The van der Waals surface area contributed by atoms with E-state index in [4.69, 9.17) is 0 Å². The van der Waals surface area contributed by atoms with Crippen molar-refractivity contribution < 1.29 is 14.3 Å². The quantitative estimate of drug-likeness (QED) is 0.692. The molecule has 2 rings (SSSR count). The molecule has 0 bridgehead atoms. The van der Waals surface area contributed by atoms with Gasteiger partial charge in [-0.25, -0.2) is 0 Å². The summed E-state index contributed by atoms with van der Waals surface area (Å²) >= 11 is 0. The number of hydrogen-bond acceptors (Lipinski definition) is 3. The molecule has 1 aromatic rings. The van der Waals surface area contributed by atoms with Crippen LogP contribution >= 0.6 is 0 Å². The van der Waals surface area contributed by atoms with Crippen molar-refractivity contribution in [1.29, 1.82) is 0 Å². The Morgan fingerprint density at radius 2 is 1.67 bits per heavy atom. The number of rotatable bonds is 3. The predicted octanol–water partition coefficient (Wildman–Crippen LogP) is 1.09. The van der Waals surface area contributed by atoms with Gasteiger partial charge in [-0.1, -0.05) is 12.1 Å². The Morgan fingerprint density at radius 1 is 1.13 bits per heavy atom. The summed E-state index contributed by atoms with van der Waals surface area (Å²) < 4.78 is 4.60. The Bertz CT molecular complexity index is 379. The van der Waals surface area contributed by atoms with E-state index in [9.17, 15) is 9.59 Å². The van der Waals surface area contributed by atoms with E-state index in [-0.39, 0.29) is 25.0 Å². The number of benzene rings is 1. The van der Waals surface area contributed by atoms with Gasteiger partial charge in [0.1, 0.15) is 0 Å². The van der Waals surface area contributed by atoms with E-state index in [0.717, 1.165) is 0 Å². The first kappa shape index (κ1) is 9.86. The van der Waals surface area contributed by atoms with E-state index in [1.54, 1.807) is 24.3 Å². The molecule has 4 heteroatoms. The molecule has 0 atom stereocenters. The van der Waals surface area contributed by atoms with E-state index >= 15 is 0 Å². The van der Waals surface area contributed by atoms with Gasteiger partial charge in [-0.3, -0.25) is 14.5 Å². The topological polar surface area (TPSA) is 46.6 Å². The third-order valence-corrected chi connectivity index (χ3v) is 2.34.